The number of nitrogens with zero attached hydrogens (tertiary/aromatic N) is 2. The van der Waals surface area contributed by atoms with Crippen molar-refractivity contribution in [2.24, 2.45) is 0 Å². The molecule has 0 saturated carbocycles. The van der Waals surface area contributed by atoms with Crippen LogP contribution in [0.2, 0.25) is 5.02 Å². The van der Waals surface area contributed by atoms with E-state index in [-0.39, 0.29) is 5.82 Å². The minimum absolute atomic E-state index is 0.345. The van der Waals surface area contributed by atoms with Crippen LogP contribution in [0.3, 0.4) is 0 Å². The van der Waals surface area contributed by atoms with Gasteiger partial charge in [-0.25, -0.2) is 9.07 Å². The summed E-state index contributed by atoms with van der Waals surface area (Å²) in [7, 11) is 0. The lowest BCUT2D eigenvalue weighted by Crippen LogP contribution is -1.99. The number of halogens is 2. The Balaban J connectivity index is 1.70. The third kappa shape index (κ3) is 3.23. The van der Waals surface area contributed by atoms with Crippen LogP contribution in [0.25, 0.3) is 5.69 Å². The van der Waals surface area contributed by atoms with Gasteiger partial charge in [0.1, 0.15) is 5.82 Å². The van der Waals surface area contributed by atoms with Gasteiger partial charge < -0.3 is 5.32 Å². The van der Waals surface area contributed by atoms with Gasteiger partial charge in [-0.15, -0.1) is 0 Å². The number of hydrogen-bond donors (Lipinski definition) is 1. The molecular formula is C16H13ClFN3. The number of aromatic nitrogens is 2. The lowest BCUT2D eigenvalue weighted by atomic mass is 10.3. The molecule has 0 atom stereocenters. The number of nitrogens with one attached hydrogen (secondary N) is 1. The van der Waals surface area contributed by atoms with Gasteiger partial charge >= 0.3 is 0 Å². The number of anilines is 1. The van der Waals surface area contributed by atoms with Gasteiger partial charge in [0.05, 0.1) is 22.6 Å². The van der Waals surface area contributed by atoms with Crippen molar-refractivity contribution in [2.45, 2.75) is 6.54 Å². The Morgan fingerprint density at radius 3 is 2.71 bits per heavy atom. The summed E-state index contributed by atoms with van der Waals surface area (Å²) in [6.07, 6.45) is 3.73. The normalized spacial score (nSPS) is 10.6. The molecule has 3 nitrogen and oxygen atoms in total. The van der Waals surface area contributed by atoms with Crippen LogP contribution in [0.5, 0.6) is 0 Å². The zero-order valence-corrected chi connectivity index (χ0v) is 11.9. The monoisotopic (exact) mass is 301 g/mol. The van der Waals surface area contributed by atoms with Gasteiger partial charge in [-0.2, -0.15) is 5.10 Å². The van der Waals surface area contributed by atoms with E-state index in [1.165, 1.54) is 12.1 Å². The third-order valence-corrected chi connectivity index (χ3v) is 3.38. The molecule has 1 aromatic heterocycles. The van der Waals surface area contributed by atoms with E-state index in [4.69, 9.17) is 11.6 Å². The van der Waals surface area contributed by atoms with Crippen molar-refractivity contribution in [3.05, 3.63) is 77.3 Å². The van der Waals surface area contributed by atoms with Crippen LogP contribution in [0.15, 0.2) is 60.9 Å². The second-order valence-electron chi connectivity index (χ2n) is 4.61. The van der Waals surface area contributed by atoms with Gasteiger partial charge in [-0.3, -0.25) is 0 Å². The molecule has 0 aliphatic carbocycles. The first kappa shape index (κ1) is 13.6. The summed E-state index contributed by atoms with van der Waals surface area (Å²) in [6, 6.07) is 14.2. The highest BCUT2D eigenvalue weighted by Gasteiger charge is 2.04. The molecule has 0 bridgehead atoms. The van der Waals surface area contributed by atoms with E-state index in [0.29, 0.717) is 17.3 Å². The quantitative estimate of drug-likeness (QED) is 0.779. The molecule has 106 valence electrons. The fraction of sp³-hybridized carbons (Fsp3) is 0.0625. The van der Waals surface area contributed by atoms with E-state index in [0.717, 1.165) is 11.3 Å². The van der Waals surface area contributed by atoms with Crippen molar-refractivity contribution in [3.63, 3.8) is 0 Å². The molecule has 1 N–H and O–H groups in total. The van der Waals surface area contributed by atoms with Crippen LogP contribution in [-0.2, 0) is 6.54 Å². The van der Waals surface area contributed by atoms with Crippen LogP contribution in [0.1, 0.15) is 5.56 Å². The van der Waals surface area contributed by atoms with Crippen LogP contribution >= 0.6 is 11.6 Å². The average molecular weight is 302 g/mol. The summed E-state index contributed by atoms with van der Waals surface area (Å²) in [5.41, 5.74) is 2.72. The molecule has 0 unspecified atom stereocenters. The Labute approximate surface area is 127 Å². The van der Waals surface area contributed by atoms with E-state index in [9.17, 15) is 4.39 Å². The maximum Gasteiger partial charge on any atom is 0.124 e. The number of para-hydroxylation sites is 1. The molecule has 0 radical (unpaired) electrons. The highest BCUT2D eigenvalue weighted by atomic mass is 35.5. The molecule has 1 heterocycles. The molecule has 21 heavy (non-hydrogen) atoms. The van der Waals surface area contributed by atoms with Crippen molar-refractivity contribution in [1.29, 1.82) is 0 Å². The molecular weight excluding hydrogens is 289 g/mol. The fourth-order valence-corrected chi connectivity index (χ4v) is 2.24. The van der Waals surface area contributed by atoms with Crippen molar-refractivity contribution < 1.29 is 4.39 Å². The molecule has 0 aliphatic heterocycles. The Hall–Kier alpha value is -2.33. The summed E-state index contributed by atoms with van der Waals surface area (Å²) in [5.74, 6) is -0.345. The molecule has 0 saturated heterocycles. The first-order valence-corrected chi connectivity index (χ1v) is 6.88. The number of hydrogen-bond acceptors (Lipinski definition) is 2. The first-order valence-electron chi connectivity index (χ1n) is 6.50. The van der Waals surface area contributed by atoms with E-state index in [1.54, 1.807) is 12.3 Å². The number of benzene rings is 2. The predicted octanol–water partition coefficient (Wildman–Crippen LogP) is 4.28. The maximum atomic E-state index is 13.0. The van der Waals surface area contributed by atoms with Gasteiger partial charge in [0.25, 0.3) is 0 Å². The lowest BCUT2D eigenvalue weighted by Gasteiger charge is -2.06. The van der Waals surface area contributed by atoms with Crippen molar-refractivity contribution in [2.75, 3.05) is 5.32 Å². The summed E-state index contributed by atoms with van der Waals surface area (Å²) < 4.78 is 14.8. The largest absolute Gasteiger partial charge is 0.380 e. The lowest BCUT2D eigenvalue weighted by molar-refractivity contribution is 0.628. The zero-order valence-electron chi connectivity index (χ0n) is 11.1. The topological polar surface area (TPSA) is 29.9 Å². The van der Waals surface area contributed by atoms with Gasteiger partial charge in [-0.05, 0) is 30.3 Å². The Bertz CT molecular complexity index is 740. The van der Waals surface area contributed by atoms with Crippen LogP contribution < -0.4 is 5.32 Å². The molecule has 0 fully saturated rings. The molecule has 0 amide bonds. The van der Waals surface area contributed by atoms with Crippen molar-refractivity contribution in [1.82, 2.24) is 9.78 Å². The van der Waals surface area contributed by atoms with Crippen molar-refractivity contribution in [3.8, 4) is 5.69 Å². The average Bonchev–Trinajstić information content (AvgIpc) is 2.96. The highest BCUT2D eigenvalue weighted by molar-refractivity contribution is 6.33. The van der Waals surface area contributed by atoms with E-state index in [2.05, 4.69) is 10.4 Å². The summed E-state index contributed by atoms with van der Waals surface area (Å²) in [6.45, 7) is 0.568. The van der Waals surface area contributed by atoms with Gasteiger partial charge in [0.2, 0.25) is 0 Å². The van der Waals surface area contributed by atoms with Gasteiger partial charge in [0.15, 0.2) is 0 Å². The third-order valence-electron chi connectivity index (χ3n) is 3.07. The highest BCUT2D eigenvalue weighted by Crippen LogP contribution is 2.23. The van der Waals surface area contributed by atoms with E-state index < -0.39 is 0 Å². The number of rotatable bonds is 4. The maximum absolute atomic E-state index is 13.0. The predicted molar refractivity (Wildman–Crippen MR) is 82.3 cm³/mol. The van der Waals surface area contributed by atoms with Crippen LogP contribution in [0, 0.1) is 5.82 Å². The molecule has 0 spiro atoms. The zero-order chi connectivity index (χ0) is 14.7. The van der Waals surface area contributed by atoms with Gasteiger partial charge in [0, 0.05) is 18.3 Å². The summed E-state index contributed by atoms with van der Waals surface area (Å²) in [5, 5.41) is 7.85. The first-order chi connectivity index (χ1) is 10.2. The summed E-state index contributed by atoms with van der Waals surface area (Å²) >= 11 is 5.97. The standard InChI is InChI=1S/C16H13ClFN3/c17-15-8-13(18)6-7-16(15)19-9-12-10-20-21(11-12)14-4-2-1-3-5-14/h1-8,10-11,19H,9H2. The fourth-order valence-electron chi connectivity index (χ4n) is 2.00. The minimum Gasteiger partial charge on any atom is -0.380 e. The SMILES string of the molecule is Fc1ccc(NCc2cnn(-c3ccccc3)c2)c(Cl)c1. The Morgan fingerprint density at radius 1 is 1.14 bits per heavy atom. The molecule has 3 aromatic rings. The molecule has 0 aliphatic rings. The molecule has 2 aromatic carbocycles. The van der Waals surface area contributed by atoms with Crippen LogP contribution in [0.4, 0.5) is 10.1 Å². The minimum atomic E-state index is -0.345. The van der Waals surface area contributed by atoms with Crippen LogP contribution in [-0.4, -0.2) is 9.78 Å². The van der Waals surface area contributed by atoms with E-state index >= 15 is 0 Å². The second-order valence-corrected chi connectivity index (χ2v) is 5.01. The molecule has 3 rings (SSSR count). The van der Waals surface area contributed by atoms with Gasteiger partial charge in [-0.1, -0.05) is 29.8 Å². The van der Waals surface area contributed by atoms with Crippen molar-refractivity contribution >= 4 is 17.3 Å². The Kier molecular flexibility index (Phi) is 3.88. The smallest absolute Gasteiger partial charge is 0.124 e. The Morgan fingerprint density at radius 2 is 1.95 bits per heavy atom. The molecule has 5 heteroatoms. The summed E-state index contributed by atoms with van der Waals surface area (Å²) in [4.78, 5) is 0. The van der Waals surface area contributed by atoms with E-state index in [1.807, 2.05) is 41.2 Å². The second kappa shape index (κ2) is 5.97.